The smallest absolute Gasteiger partial charge is 0.240 e. The summed E-state index contributed by atoms with van der Waals surface area (Å²) in [6.45, 7) is 3.54. The van der Waals surface area contributed by atoms with Crippen LogP contribution in [0.25, 0.3) is 0 Å². The van der Waals surface area contributed by atoms with E-state index >= 15 is 0 Å². The number of hydrogen-bond donors (Lipinski definition) is 1. The molecule has 1 atom stereocenters. The lowest BCUT2D eigenvalue weighted by Gasteiger charge is -2.24. The lowest BCUT2D eigenvalue weighted by molar-refractivity contribution is -0.120. The van der Waals surface area contributed by atoms with Gasteiger partial charge in [-0.2, -0.15) is 0 Å². The molecule has 7 heteroatoms. The fourth-order valence-corrected chi connectivity index (χ4v) is 2.63. The Labute approximate surface area is 126 Å². The molecule has 0 spiro atoms. The van der Waals surface area contributed by atoms with Crippen LogP contribution >= 0.6 is 0 Å². The Kier molecular flexibility index (Phi) is 6.02. The summed E-state index contributed by atoms with van der Waals surface area (Å²) in [5.74, 6) is 0.0555. The first-order valence-corrected chi connectivity index (χ1v) is 8.54. The predicted octanol–water partition coefficient (Wildman–Crippen LogP) is 1.38. The van der Waals surface area contributed by atoms with Crippen LogP contribution in [-0.2, 0) is 14.8 Å². The molecule has 0 saturated carbocycles. The number of benzene rings is 1. The third kappa shape index (κ3) is 4.93. The minimum Gasteiger partial charge on any atom is -0.495 e. The van der Waals surface area contributed by atoms with Crippen LogP contribution in [0.3, 0.4) is 0 Å². The van der Waals surface area contributed by atoms with E-state index in [1.54, 1.807) is 24.3 Å². The van der Waals surface area contributed by atoms with E-state index in [2.05, 4.69) is 5.32 Å². The SMILES string of the molecule is CC[C@H](C)NC(=O)CN(c1ccccc1OC)S(C)(=O)=O. The van der Waals surface area contributed by atoms with Gasteiger partial charge in [-0.25, -0.2) is 8.42 Å². The highest BCUT2D eigenvalue weighted by Crippen LogP contribution is 2.29. The highest BCUT2D eigenvalue weighted by molar-refractivity contribution is 7.92. The summed E-state index contributed by atoms with van der Waals surface area (Å²) >= 11 is 0. The van der Waals surface area contributed by atoms with E-state index < -0.39 is 10.0 Å². The highest BCUT2D eigenvalue weighted by atomic mass is 32.2. The van der Waals surface area contributed by atoms with E-state index in [9.17, 15) is 13.2 Å². The van der Waals surface area contributed by atoms with Crippen molar-refractivity contribution in [2.75, 3.05) is 24.2 Å². The molecule has 0 aromatic heterocycles. The number of rotatable bonds is 7. The summed E-state index contributed by atoms with van der Waals surface area (Å²) in [6.07, 6.45) is 1.84. The minimum absolute atomic E-state index is 0.00317. The number of ether oxygens (including phenoxy) is 1. The Bertz CT molecular complexity index is 586. The number of carbonyl (C=O) groups excluding carboxylic acids is 1. The number of para-hydroxylation sites is 2. The minimum atomic E-state index is -3.60. The maximum atomic E-state index is 12.0. The second-order valence-corrected chi connectivity index (χ2v) is 6.73. The van der Waals surface area contributed by atoms with Gasteiger partial charge in [0.15, 0.2) is 0 Å². The van der Waals surface area contributed by atoms with Gasteiger partial charge in [0, 0.05) is 6.04 Å². The van der Waals surface area contributed by atoms with Crippen molar-refractivity contribution in [3.05, 3.63) is 24.3 Å². The molecule has 0 fully saturated rings. The van der Waals surface area contributed by atoms with Crippen LogP contribution in [0.15, 0.2) is 24.3 Å². The van der Waals surface area contributed by atoms with Crippen LogP contribution in [0.1, 0.15) is 20.3 Å². The molecule has 0 aliphatic carbocycles. The zero-order chi connectivity index (χ0) is 16.0. The second-order valence-electron chi connectivity index (χ2n) is 4.82. The Hall–Kier alpha value is -1.76. The average Bonchev–Trinajstić information content (AvgIpc) is 2.43. The van der Waals surface area contributed by atoms with E-state index in [0.717, 1.165) is 17.0 Å². The molecule has 0 saturated heterocycles. The molecule has 1 amide bonds. The topological polar surface area (TPSA) is 75.7 Å². The maximum absolute atomic E-state index is 12.0. The average molecular weight is 314 g/mol. The molecule has 0 unspecified atom stereocenters. The van der Waals surface area contributed by atoms with Gasteiger partial charge in [0.2, 0.25) is 15.9 Å². The quantitative estimate of drug-likeness (QED) is 0.825. The molecule has 0 radical (unpaired) electrons. The number of nitrogens with one attached hydrogen (secondary N) is 1. The van der Waals surface area contributed by atoms with Crippen molar-refractivity contribution in [3.8, 4) is 5.75 Å². The molecule has 0 heterocycles. The summed E-state index contributed by atoms with van der Waals surface area (Å²) in [7, 11) is -2.14. The van der Waals surface area contributed by atoms with Gasteiger partial charge in [-0.15, -0.1) is 0 Å². The molecular formula is C14H22N2O4S. The van der Waals surface area contributed by atoms with Crippen molar-refractivity contribution in [1.82, 2.24) is 5.32 Å². The molecule has 1 rings (SSSR count). The van der Waals surface area contributed by atoms with Gasteiger partial charge in [0.05, 0.1) is 19.1 Å². The first-order valence-electron chi connectivity index (χ1n) is 6.69. The summed E-state index contributed by atoms with van der Waals surface area (Å²) in [4.78, 5) is 12.0. The maximum Gasteiger partial charge on any atom is 0.240 e. The fourth-order valence-electron chi connectivity index (χ4n) is 1.77. The van der Waals surface area contributed by atoms with E-state index in [0.29, 0.717) is 11.4 Å². The second kappa shape index (κ2) is 7.31. The van der Waals surface area contributed by atoms with E-state index in [1.165, 1.54) is 7.11 Å². The zero-order valence-corrected chi connectivity index (χ0v) is 13.6. The van der Waals surface area contributed by atoms with Gasteiger partial charge in [-0.3, -0.25) is 9.10 Å². The van der Waals surface area contributed by atoms with Gasteiger partial charge >= 0.3 is 0 Å². The molecule has 1 aromatic rings. The third-order valence-corrected chi connectivity index (χ3v) is 4.19. The van der Waals surface area contributed by atoms with Gasteiger partial charge in [0.25, 0.3) is 0 Å². The normalized spacial score (nSPS) is 12.6. The Balaban J connectivity index is 3.06. The monoisotopic (exact) mass is 314 g/mol. The van der Waals surface area contributed by atoms with Crippen molar-refractivity contribution in [2.45, 2.75) is 26.3 Å². The van der Waals surface area contributed by atoms with Crippen LogP contribution in [0.4, 0.5) is 5.69 Å². The standard InChI is InChI=1S/C14H22N2O4S/c1-5-11(2)15-14(17)10-16(21(4,18)19)12-8-6-7-9-13(12)20-3/h6-9,11H,5,10H2,1-4H3,(H,15,17)/t11-/m0/s1. The number of nitrogens with zero attached hydrogens (tertiary/aromatic N) is 1. The third-order valence-electron chi connectivity index (χ3n) is 3.06. The molecule has 0 bridgehead atoms. The first kappa shape index (κ1) is 17.3. The summed E-state index contributed by atoms with van der Waals surface area (Å²) in [5.41, 5.74) is 0.349. The van der Waals surface area contributed by atoms with Gasteiger partial charge in [-0.1, -0.05) is 19.1 Å². The van der Waals surface area contributed by atoms with Gasteiger partial charge < -0.3 is 10.1 Å². The van der Waals surface area contributed by atoms with Crippen molar-refractivity contribution in [1.29, 1.82) is 0 Å². The van der Waals surface area contributed by atoms with Crippen molar-refractivity contribution >= 4 is 21.6 Å². The highest BCUT2D eigenvalue weighted by Gasteiger charge is 2.23. The summed E-state index contributed by atoms with van der Waals surface area (Å²) in [5, 5.41) is 2.75. The van der Waals surface area contributed by atoms with Crippen molar-refractivity contribution in [3.63, 3.8) is 0 Å². The van der Waals surface area contributed by atoms with Crippen LogP contribution < -0.4 is 14.4 Å². The lowest BCUT2D eigenvalue weighted by Crippen LogP contribution is -2.43. The van der Waals surface area contributed by atoms with Crippen LogP contribution in [0, 0.1) is 0 Å². The van der Waals surface area contributed by atoms with Crippen LogP contribution in [0.2, 0.25) is 0 Å². The summed E-state index contributed by atoms with van der Waals surface area (Å²) < 4.78 is 30.2. The van der Waals surface area contributed by atoms with Crippen LogP contribution in [0.5, 0.6) is 5.75 Å². The van der Waals surface area contributed by atoms with Gasteiger partial charge in [-0.05, 0) is 25.5 Å². The molecule has 1 N–H and O–H groups in total. The molecule has 118 valence electrons. The number of methoxy groups -OCH3 is 1. The number of anilines is 1. The van der Waals surface area contributed by atoms with E-state index in [1.807, 2.05) is 13.8 Å². The number of hydrogen-bond acceptors (Lipinski definition) is 4. The largest absolute Gasteiger partial charge is 0.495 e. The fraction of sp³-hybridized carbons (Fsp3) is 0.500. The number of sulfonamides is 1. The van der Waals surface area contributed by atoms with Crippen molar-refractivity contribution < 1.29 is 17.9 Å². The molecular weight excluding hydrogens is 292 g/mol. The Morgan fingerprint density at radius 1 is 1.38 bits per heavy atom. The zero-order valence-electron chi connectivity index (χ0n) is 12.8. The van der Waals surface area contributed by atoms with E-state index in [-0.39, 0.29) is 18.5 Å². The molecule has 1 aromatic carbocycles. The Morgan fingerprint density at radius 2 is 2.00 bits per heavy atom. The summed E-state index contributed by atoms with van der Waals surface area (Å²) in [6, 6.07) is 6.69. The molecule has 6 nitrogen and oxygen atoms in total. The van der Waals surface area contributed by atoms with Crippen molar-refractivity contribution in [2.24, 2.45) is 0 Å². The number of carbonyl (C=O) groups is 1. The first-order chi connectivity index (χ1) is 9.79. The molecule has 21 heavy (non-hydrogen) atoms. The number of amides is 1. The lowest BCUT2D eigenvalue weighted by atomic mass is 10.2. The Morgan fingerprint density at radius 3 is 2.52 bits per heavy atom. The molecule has 0 aliphatic heterocycles. The van der Waals surface area contributed by atoms with Gasteiger partial charge in [0.1, 0.15) is 12.3 Å². The predicted molar refractivity (Wildman–Crippen MR) is 83.1 cm³/mol. The molecule has 0 aliphatic rings. The van der Waals surface area contributed by atoms with Crippen LogP contribution in [-0.4, -0.2) is 40.3 Å². The van der Waals surface area contributed by atoms with E-state index in [4.69, 9.17) is 4.74 Å².